The van der Waals surface area contributed by atoms with E-state index in [4.69, 9.17) is 20.9 Å². The third kappa shape index (κ3) is 6.59. The normalized spacial score (nSPS) is 15.0. The van der Waals surface area contributed by atoms with Gasteiger partial charge in [-0.05, 0) is 63.6 Å². The number of carbonyl (C=O) groups is 2. The van der Waals surface area contributed by atoms with Gasteiger partial charge in [0.2, 0.25) is 0 Å². The van der Waals surface area contributed by atoms with Gasteiger partial charge in [0, 0.05) is 24.3 Å². The molecule has 1 saturated carbocycles. The van der Waals surface area contributed by atoms with Crippen molar-refractivity contribution < 1.29 is 36.6 Å². The number of nitrogens with two attached hydrogens (primary N) is 2. The molecule has 4 N–H and O–H groups in total. The number of ketones is 1. The SMILES string of the molecule is CC(N)(CCCOc1cc(F)c(-n2c(N)c(C(=O)c3ccc(F)cc3F)ccc2=O)c(F)c1)C(=O)OC1CCCC1. The summed E-state index contributed by atoms with van der Waals surface area (Å²) in [6.07, 6.45) is 3.96. The maximum atomic E-state index is 15.1. The van der Waals surface area contributed by atoms with Crippen LogP contribution in [-0.4, -0.2) is 34.6 Å². The number of hydrogen-bond acceptors (Lipinski definition) is 7. The van der Waals surface area contributed by atoms with Crippen molar-refractivity contribution in [2.24, 2.45) is 5.73 Å². The second-order valence-corrected chi connectivity index (χ2v) is 10.2. The first-order chi connectivity index (χ1) is 19.4. The zero-order valence-electron chi connectivity index (χ0n) is 22.2. The Hall–Kier alpha value is -4.19. The van der Waals surface area contributed by atoms with E-state index >= 15 is 8.78 Å². The van der Waals surface area contributed by atoms with Crippen molar-refractivity contribution in [1.82, 2.24) is 4.57 Å². The molecule has 2 aromatic carbocycles. The summed E-state index contributed by atoms with van der Waals surface area (Å²) in [7, 11) is 0. The summed E-state index contributed by atoms with van der Waals surface area (Å²) in [6.45, 7) is 1.51. The average molecular weight is 576 g/mol. The summed E-state index contributed by atoms with van der Waals surface area (Å²) in [5.41, 5.74) is 7.99. The first-order valence-electron chi connectivity index (χ1n) is 13.0. The van der Waals surface area contributed by atoms with Crippen molar-refractivity contribution >= 4 is 17.6 Å². The molecular weight excluding hydrogens is 546 g/mol. The van der Waals surface area contributed by atoms with Crippen LogP contribution in [0.3, 0.4) is 0 Å². The van der Waals surface area contributed by atoms with Crippen LogP contribution in [0.2, 0.25) is 0 Å². The summed E-state index contributed by atoms with van der Waals surface area (Å²) >= 11 is 0. The standard InChI is InChI=1S/C29H29F4N3O5/c1-29(35,28(39)41-17-5-2-3-6-17)11-4-12-40-18-14-22(32)25(23(33)15-18)36-24(37)10-9-20(27(36)34)26(38)19-8-7-16(30)13-21(19)31/h7-10,13-15,17H,2-6,11-12,34-35H2,1H3. The largest absolute Gasteiger partial charge is 0.493 e. The van der Waals surface area contributed by atoms with Gasteiger partial charge in [0.1, 0.15) is 40.5 Å². The van der Waals surface area contributed by atoms with Crippen molar-refractivity contribution in [3.8, 4) is 11.4 Å². The number of nitrogens with zero attached hydrogens (tertiary/aromatic N) is 1. The number of ether oxygens (including phenoxy) is 2. The van der Waals surface area contributed by atoms with Crippen molar-refractivity contribution in [3.05, 3.63) is 87.2 Å². The molecule has 0 saturated heterocycles. The lowest BCUT2D eigenvalue weighted by Crippen LogP contribution is -2.47. The van der Waals surface area contributed by atoms with Gasteiger partial charge in [0.15, 0.2) is 17.4 Å². The van der Waals surface area contributed by atoms with E-state index < -0.39 is 68.8 Å². The molecule has 1 heterocycles. The molecule has 0 aliphatic heterocycles. The first-order valence-corrected chi connectivity index (χ1v) is 13.0. The molecule has 1 fully saturated rings. The summed E-state index contributed by atoms with van der Waals surface area (Å²) in [5, 5.41) is 0. The lowest BCUT2D eigenvalue weighted by Gasteiger charge is -2.24. The molecule has 218 valence electrons. The van der Waals surface area contributed by atoms with E-state index in [1.807, 2.05) is 0 Å². The Balaban J connectivity index is 1.48. The number of anilines is 1. The zero-order valence-corrected chi connectivity index (χ0v) is 22.2. The van der Waals surface area contributed by atoms with Gasteiger partial charge in [-0.2, -0.15) is 0 Å². The topological polar surface area (TPSA) is 127 Å². The Bertz CT molecular complexity index is 1510. The summed E-state index contributed by atoms with van der Waals surface area (Å²) in [4.78, 5) is 37.8. The van der Waals surface area contributed by atoms with Gasteiger partial charge in [0.05, 0.1) is 17.7 Å². The zero-order chi connectivity index (χ0) is 29.9. The summed E-state index contributed by atoms with van der Waals surface area (Å²) < 4.78 is 69.0. The molecule has 1 aromatic heterocycles. The number of benzene rings is 2. The van der Waals surface area contributed by atoms with E-state index in [1.165, 1.54) is 0 Å². The predicted molar refractivity (Wildman–Crippen MR) is 142 cm³/mol. The van der Waals surface area contributed by atoms with Gasteiger partial charge in [-0.1, -0.05) is 0 Å². The number of halogens is 4. The third-order valence-corrected chi connectivity index (χ3v) is 6.92. The second-order valence-electron chi connectivity index (χ2n) is 10.2. The van der Waals surface area contributed by atoms with Crippen molar-refractivity contribution in [3.63, 3.8) is 0 Å². The van der Waals surface area contributed by atoms with Gasteiger partial charge >= 0.3 is 5.97 Å². The Morgan fingerprint density at radius 1 is 0.976 bits per heavy atom. The average Bonchev–Trinajstić information content (AvgIpc) is 3.41. The number of esters is 1. The van der Waals surface area contributed by atoms with E-state index in [1.54, 1.807) is 6.92 Å². The fourth-order valence-corrected chi connectivity index (χ4v) is 4.66. The van der Waals surface area contributed by atoms with Gasteiger partial charge in [-0.25, -0.2) is 17.6 Å². The van der Waals surface area contributed by atoms with Crippen LogP contribution in [0.1, 0.15) is 61.4 Å². The lowest BCUT2D eigenvalue weighted by molar-refractivity contribution is -0.155. The molecule has 1 atom stereocenters. The number of carbonyl (C=O) groups excluding carboxylic acids is 2. The number of nitrogen functional groups attached to an aromatic ring is 1. The molecule has 8 nitrogen and oxygen atoms in total. The van der Waals surface area contributed by atoms with Crippen LogP contribution in [0.15, 0.2) is 47.3 Å². The van der Waals surface area contributed by atoms with E-state index in [2.05, 4.69) is 0 Å². The highest BCUT2D eigenvalue weighted by atomic mass is 19.1. The highest BCUT2D eigenvalue weighted by Gasteiger charge is 2.32. The minimum absolute atomic E-state index is 0.0307. The van der Waals surface area contributed by atoms with E-state index in [-0.39, 0.29) is 31.3 Å². The molecule has 41 heavy (non-hydrogen) atoms. The molecule has 0 amide bonds. The van der Waals surface area contributed by atoms with E-state index in [0.29, 0.717) is 10.6 Å². The molecule has 0 spiro atoms. The molecule has 0 radical (unpaired) electrons. The third-order valence-electron chi connectivity index (χ3n) is 6.92. The fraction of sp³-hybridized carbons (Fsp3) is 0.345. The maximum absolute atomic E-state index is 15.1. The second kappa shape index (κ2) is 12.1. The van der Waals surface area contributed by atoms with Crippen LogP contribution >= 0.6 is 0 Å². The molecule has 1 aliphatic carbocycles. The molecule has 3 aromatic rings. The number of aromatic nitrogens is 1. The molecule has 4 rings (SSSR count). The minimum atomic E-state index is -1.26. The first kappa shape index (κ1) is 29.8. The van der Waals surface area contributed by atoms with Crippen LogP contribution in [0.4, 0.5) is 23.4 Å². The van der Waals surface area contributed by atoms with Crippen LogP contribution in [-0.2, 0) is 9.53 Å². The van der Waals surface area contributed by atoms with Crippen LogP contribution < -0.4 is 21.8 Å². The highest BCUT2D eigenvalue weighted by Crippen LogP contribution is 2.28. The predicted octanol–water partition coefficient (Wildman–Crippen LogP) is 4.57. The maximum Gasteiger partial charge on any atom is 0.326 e. The van der Waals surface area contributed by atoms with Gasteiger partial charge in [-0.15, -0.1) is 0 Å². The molecule has 1 unspecified atom stereocenters. The van der Waals surface area contributed by atoms with Crippen molar-refractivity contribution in [1.29, 1.82) is 0 Å². The monoisotopic (exact) mass is 575 g/mol. The Labute approximate surface area is 232 Å². The Morgan fingerprint density at radius 2 is 1.61 bits per heavy atom. The van der Waals surface area contributed by atoms with Gasteiger partial charge in [0.25, 0.3) is 5.56 Å². The molecule has 12 heteroatoms. The number of rotatable bonds is 10. The lowest BCUT2D eigenvalue weighted by atomic mass is 9.97. The molecular formula is C29H29F4N3O5. The summed E-state index contributed by atoms with van der Waals surface area (Å²) in [6, 6.07) is 5.73. The van der Waals surface area contributed by atoms with Gasteiger partial charge < -0.3 is 20.9 Å². The number of pyridine rings is 1. The van der Waals surface area contributed by atoms with Crippen molar-refractivity contribution in [2.45, 2.75) is 57.1 Å². The Morgan fingerprint density at radius 3 is 2.24 bits per heavy atom. The fourth-order valence-electron chi connectivity index (χ4n) is 4.66. The molecule has 0 bridgehead atoms. The smallest absolute Gasteiger partial charge is 0.326 e. The van der Waals surface area contributed by atoms with Crippen LogP contribution in [0.5, 0.6) is 5.75 Å². The van der Waals surface area contributed by atoms with Crippen LogP contribution in [0.25, 0.3) is 5.69 Å². The minimum Gasteiger partial charge on any atom is -0.493 e. The van der Waals surface area contributed by atoms with Crippen molar-refractivity contribution in [2.75, 3.05) is 12.3 Å². The van der Waals surface area contributed by atoms with E-state index in [9.17, 15) is 23.2 Å². The van der Waals surface area contributed by atoms with E-state index in [0.717, 1.165) is 62.1 Å². The van der Waals surface area contributed by atoms with Gasteiger partial charge in [-0.3, -0.25) is 19.0 Å². The quantitative estimate of drug-likeness (QED) is 0.157. The Kier molecular flexibility index (Phi) is 8.81. The summed E-state index contributed by atoms with van der Waals surface area (Å²) in [5.74, 6) is -6.93. The number of hydrogen-bond donors (Lipinski definition) is 2. The van der Waals surface area contributed by atoms with Crippen LogP contribution in [0, 0.1) is 23.3 Å². The highest BCUT2D eigenvalue weighted by molar-refractivity contribution is 6.11. The molecule has 1 aliphatic rings.